The van der Waals surface area contributed by atoms with E-state index in [0.717, 1.165) is 12.1 Å². The fourth-order valence-corrected chi connectivity index (χ4v) is 5.01. The van der Waals surface area contributed by atoms with E-state index in [9.17, 15) is 17.6 Å². The van der Waals surface area contributed by atoms with Crippen LogP contribution in [0.3, 0.4) is 0 Å². The molecule has 0 aliphatic carbocycles. The Balaban J connectivity index is 1.89. The topological polar surface area (TPSA) is 129 Å². The molecule has 0 amide bonds. The van der Waals surface area contributed by atoms with Crippen LogP contribution in [0.25, 0.3) is 11.0 Å². The Bertz CT molecular complexity index is 1320. The highest BCUT2D eigenvalue weighted by molar-refractivity contribution is 9.10. The average Bonchev–Trinajstić information content (AvgIpc) is 3.37. The number of benzene rings is 1. The molecule has 1 saturated heterocycles. The van der Waals surface area contributed by atoms with Crippen molar-refractivity contribution < 1.29 is 26.7 Å². The number of fused-ring (bicyclic) bond motifs is 1. The highest BCUT2D eigenvalue weighted by atomic mass is 79.9. The van der Waals surface area contributed by atoms with Crippen molar-refractivity contribution in [2.24, 2.45) is 5.14 Å². The van der Waals surface area contributed by atoms with E-state index in [-0.39, 0.29) is 12.1 Å². The first-order valence-corrected chi connectivity index (χ1v) is 12.0. The van der Waals surface area contributed by atoms with E-state index in [2.05, 4.69) is 31.3 Å². The van der Waals surface area contributed by atoms with Crippen molar-refractivity contribution in [1.29, 1.82) is 0 Å². The Labute approximate surface area is 190 Å². The lowest BCUT2D eigenvalue weighted by atomic mass is 9.99. The third kappa shape index (κ3) is 3.94. The molecular formula is C19H18BrF2N5O4S. The van der Waals surface area contributed by atoms with Crippen molar-refractivity contribution in [2.45, 2.75) is 24.9 Å². The monoisotopic (exact) mass is 529 g/mol. The molecule has 0 saturated carbocycles. The van der Waals surface area contributed by atoms with Crippen LogP contribution in [-0.2, 0) is 14.8 Å². The lowest BCUT2D eigenvalue weighted by Crippen LogP contribution is -2.24. The van der Waals surface area contributed by atoms with Gasteiger partial charge >= 0.3 is 0 Å². The molecule has 170 valence electrons. The Kier molecular flexibility index (Phi) is 6.11. The lowest BCUT2D eigenvalue weighted by Gasteiger charge is -2.16. The normalized spacial score (nSPS) is 17.7. The zero-order chi connectivity index (χ0) is 23.2. The number of ketones is 1. The van der Waals surface area contributed by atoms with Crippen LogP contribution < -0.4 is 10.5 Å². The summed E-state index contributed by atoms with van der Waals surface area (Å²) in [5, 5.41) is 11.2. The Morgan fingerprint density at radius 2 is 2.19 bits per heavy atom. The first-order chi connectivity index (χ1) is 15.1. The molecule has 3 N–H and O–H groups in total. The molecule has 1 aliphatic heterocycles. The van der Waals surface area contributed by atoms with Crippen LogP contribution in [0.4, 0.5) is 8.78 Å². The maximum atomic E-state index is 15.3. The molecule has 1 fully saturated rings. The number of nitrogens with one attached hydrogen (secondary N) is 1. The van der Waals surface area contributed by atoms with E-state index in [1.54, 1.807) is 6.07 Å². The van der Waals surface area contributed by atoms with Crippen LogP contribution in [0.5, 0.6) is 0 Å². The summed E-state index contributed by atoms with van der Waals surface area (Å²) in [5.74, 6) is -3.27. The predicted octanol–water partition coefficient (Wildman–Crippen LogP) is 2.52. The Morgan fingerprint density at radius 3 is 2.81 bits per heavy atom. The van der Waals surface area contributed by atoms with Crippen molar-refractivity contribution in [1.82, 2.24) is 20.1 Å². The Hall–Kier alpha value is -2.32. The van der Waals surface area contributed by atoms with Gasteiger partial charge in [0, 0.05) is 22.8 Å². The van der Waals surface area contributed by atoms with Crippen molar-refractivity contribution in [3.63, 3.8) is 0 Å². The largest absolute Gasteiger partial charge is 0.342 e. The molecule has 13 heteroatoms. The Morgan fingerprint density at radius 1 is 1.44 bits per heavy atom. The smallest absolute Gasteiger partial charge is 0.216 e. The maximum absolute atomic E-state index is 15.3. The number of carbonyl (C=O) groups is 1. The number of hydrogen-bond acceptors (Lipinski definition) is 7. The van der Waals surface area contributed by atoms with Crippen LogP contribution in [0.2, 0.25) is 0 Å². The van der Waals surface area contributed by atoms with Crippen molar-refractivity contribution in [3.8, 4) is 0 Å². The molecule has 0 radical (unpaired) electrons. The van der Waals surface area contributed by atoms with E-state index >= 15 is 4.39 Å². The van der Waals surface area contributed by atoms with Crippen LogP contribution in [0.1, 0.15) is 46.6 Å². The molecule has 0 spiro atoms. The molecule has 1 aliphatic rings. The quantitative estimate of drug-likeness (QED) is 0.469. The summed E-state index contributed by atoms with van der Waals surface area (Å²) in [6.07, 6.45) is 0.662. The fraction of sp³-hybridized carbons (Fsp3) is 0.316. The summed E-state index contributed by atoms with van der Waals surface area (Å²) in [6.45, 7) is 2.41. The van der Waals surface area contributed by atoms with Crippen LogP contribution in [0, 0.1) is 11.6 Å². The summed E-state index contributed by atoms with van der Waals surface area (Å²) in [5.41, 5.74) is -1.14. The van der Waals surface area contributed by atoms with E-state index in [1.165, 1.54) is 17.8 Å². The predicted molar refractivity (Wildman–Crippen MR) is 114 cm³/mol. The van der Waals surface area contributed by atoms with Gasteiger partial charge in [0.25, 0.3) is 0 Å². The number of carbonyl (C=O) groups excluding carboxylic acids is 1. The fourth-order valence-electron chi connectivity index (χ4n) is 3.67. The summed E-state index contributed by atoms with van der Waals surface area (Å²) >= 11 is 3.29. The van der Waals surface area contributed by atoms with Crippen molar-refractivity contribution >= 4 is 42.8 Å². The number of primary sulfonamides is 1. The average molecular weight is 530 g/mol. The minimum Gasteiger partial charge on any atom is -0.342 e. The van der Waals surface area contributed by atoms with Crippen LogP contribution in [-0.4, -0.2) is 42.1 Å². The van der Waals surface area contributed by atoms with E-state index < -0.39 is 50.2 Å². The number of nitrogens with zero attached hydrogens (tertiary/aromatic N) is 3. The molecule has 3 heterocycles. The van der Waals surface area contributed by atoms with Gasteiger partial charge < -0.3 is 4.74 Å². The second-order valence-corrected chi connectivity index (χ2v) is 9.80. The van der Waals surface area contributed by atoms with Crippen LogP contribution in [0.15, 0.2) is 28.9 Å². The molecule has 4 rings (SSSR count). The van der Waals surface area contributed by atoms with Crippen LogP contribution >= 0.6 is 15.9 Å². The lowest BCUT2D eigenvalue weighted by molar-refractivity contribution is 0.0372. The minimum atomic E-state index is -4.32. The standard InChI is InChI=1S/C19H18BrF2N5O4S/c1-2-13(32(23,29)30)14-12(21)4-3-10(15(14)22)17(28)16-11-7-9(20)8-25-18(11)27(26-16)19-24-5-6-31-19/h3-4,7-8,13,19,24H,2,5-6H2,1H3,(H2,23,29,30). The van der Waals surface area contributed by atoms with Gasteiger partial charge in [0.1, 0.15) is 22.6 Å². The second kappa shape index (κ2) is 8.56. The highest BCUT2D eigenvalue weighted by Gasteiger charge is 2.33. The number of pyridine rings is 1. The first-order valence-electron chi connectivity index (χ1n) is 9.56. The molecule has 2 atom stereocenters. The van der Waals surface area contributed by atoms with Gasteiger partial charge in [-0.1, -0.05) is 6.92 Å². The SMILES string of the molecule is CCC(c1c(F)ccc(C(=O)c2nn(C3NCCO3)c3ncc(Br)cc23)c1F)S(N)(=O)=O. The van der Waals surface area contributed by atoms with E-state index in [1.807, 2.05) is 0 Å². The summed E-state index contributed by atoms with van der Waals surface area (Å²) < 4.78 is 61.0. The highest BCUT2D eigenvalue weighted by Crippen LogP contribution is 2.32. The van der Waals surface area contributed by atoms with Gasteiger partial charge in [0.05, 0.1) is 17.6 Å². The molecule has 1 aromatic carbocycles. The molecule has 3 aromatic rings. The molecular weight excluding hydrogens is 512 g/mol. The summed E-state index contributed by atoms with van der Waals surface area (Å²) in [4.78, 5) is 17.6. The number of aromatic nitrogens is 3. The van der Waals surface area contributed by atoms with E-state index in [4.69, 9.17) is 9.88 Å². The number of sulfonamides is 1. The van der Waals surface area contributed by atoms with Gasteiger partial charge in [-0.3, -0.25) is 10.1 Å². The van der Waals surface area contributed by atoms with Crippen molar-refractivity contribution in [2.75, 3.05) is 13.2 Å². The molecule has 2 unspecified atom stereocenters. The third-order valence-corrected chi connectivity index (χ3v) is 6.90. The summed E-state index contributed by atoms with van der Waals surface area (Å²) in [7, 11) is -4.32. The zero-order valence-corrected chi connectivity index (χ0v) is 19.1. The molecule has 9 nitrogen and oxygen atoms in total. The zero-order valence-electron chi connectivity index (χ0n) is 16.7. The summed E-state index contributed by atoms with van der Waals surface area (Å²) in [6, 6.07) is 3.39. The van der Waals surface area contributed by atoms with Gasteiger partial charge in [0.2, 0.25) is 22.2 Å². The van der Waals surface area contributed by atoms with Crippen molar-refractivity contribution in [3.05, 3.63) is 57.3 Å². The second-order valence-electron chi connectivity index (χ2n) is 7.13. The number of ether oxygens (including phenoxy) is 1. The maximum Gasteiger partial charge on any atom is 0.216 e. The number of nitrogens with two attached hydrogens (primary N) is 1. The third-order valence-electron chi connectivity index (χ3n) is 5.11. The number of rotatable bonds is 6. The minimum absolute atomic E-state index is 0.147. The van der Waals surface area contributed by atoms with Gasteiger partial charge in [-0.25, -0.2) is 32.0 Å². The number of halogens is 3. The van der Waals surface area contributed by atoms with Gasteiger partial charge in [-0.05, 0) is 40.5 Å². The first kappa shape index (κ1) is 22.9. The molecule has 2 aromatic heterocycles. The van der Waals surface area contributed by atoms with Gasteiger partial charge in [-0.15, -0.1) is 0 Å². The molecule has 32 heavy (non-hydrogen) atoms. The van der Waals surface area contributed by atoms with Gasteiger partial charge in [-0.2, -0.15) is 5.10 Å². The molecule has 0 bridgehead atoms. The van der Waals surface area contributed by atoms with E-state index in [0.29, 0.717) is 28.7 Å². The number of hydrogen-bond donors (Lipinski definition) is 2. The van der Waals surface area contributed by atoms with Gasteiger partial charge in [0.15, 0.2) is 5.65 Å².